The predicted molar refractivity (Wildman–Crippen MR) is 152 cm³/mol. The van der Waals surface area contributed by atoms with E-state index < -0.39 is 152 Å². The van der Waals surface area contributed by atoms with E-state index in [1.807, 2.05) is 0 Å². The highest BCUT2D eigenvalue weighted by atomic mass is 32.3. The highest BCUT2D eigenvalue weighted by Gasteiger charge is 2.60. The third-order valence-corrected chi connectivity index (χ3v) is 8.50. The van der Waals surface area contributed by atoms with Crippen molar-refractivity contribution < 1.29 is 106 Å². The Hall–Kier alpha value is -2.28. The van der Waals surface area contributed by atoms with Crippen LogP contribution in [-0.2, 0) is 52.7 Å². The van der Waals surface area contributed by atoms with Crippen LogP contribution in [0.5, 0.6) is 0 Å². The molecule has 0 radical (unpaired) electrons. The van der Waals surface area contributed by atoms with Crippen LogP contribution in [0.25, 0.3) is 0 Å². The lowest BCUT2D eigenvalue weighted by Gasteiger charge is -2.50. The summed E-state index contributed by atoms with van der Waals surface area (Å²) < 4.78 is 63.2. The van der Waals surface area contributed by atoms with Crippen molar-refractivity contribution in [2.24, 2.45) is 0 Å². The summed E-state index contributed by atoms with van der Waals surface area (Å²) in [5.74, 6) is -6.87. The number of carbonyl (C=O) groups is 3. The fraction of sp³-hybridized carbons (Fsp3) is 0.880. The van der Waals surface area contributed by atoms with Gasteiger partial charge in [-0.05, 0) is 0 Å². The number of carboxylic acids is 1. The molecule has 0 spiro atoms. The van der Waals surface area contributed by atoms with E-state index in [1.165, 1.54) is 0 Å². The maximum atomic E-state index is 12.7. The standard InChI is InChI=1S/C25H42N2O22S/c1-7(30)26-13-9(32)3-25(24(39)40,48-20(13)15(34)10(33)4-28)49-21-17(36)12(6-44-50(41,42)43)46-23(18(21)37)47-19-14(27-8(2)31)22(38)45-11(5-29)16(19)35/h9-23,28-29,32-38H,3-6H2,1-2H3,(H,26,30)(H,27,31)(H,39,40)(H,41,42,43)/t9-,10+,11+,12+,13+,14+,15+,16+,17-,18+,19+,20+,21-,22?,23-,25-/m0/s1. The number of aliphatic carboxylic acids is 1. The molecule has 3 aliphatic rings. The molecule has 0 aromatic rings. The van der Waals surface area contributed by atoms with Crippen LogP contribution < -0.4 is 10.6 Å². The van der Waals surface area contributed by atoms with Gasteiger partial charge in [0, 0.05) is 20.3 Å². The van der Waals surface area contributed by atoms with Crippen molar-refractivity contribution >= 4 is 28.2 Å². The Morgan fingerprint density at radius 1 is 0.900 bits per heavy atom. The van der Waals surface area contributed by atoms with Crippen molar-refractivity contribution in [3.8, 4) is 0 Å². The Bertz CT molecular complexity index is 1290. The van der Waals surface area contributed by atoms with Crippen molar-refractivity contribution in [3.05, 3.63) is 0 Å². The zero-order valence-electron chi connectivity index (χ0n) is 26.3. The molecule has 0 bridgehead atoms. The Morgan fingerprint density at radius 2 is 1.48 bits per heavy atom. The highest BCUT2D eigenvalue weighted by Crippen LogP contribution is 2.38. The van der Waals surface area contributed by atoms with Gasteiger partial charge in [-0.1, -0.05) is 0 Å². The number of nitrogens with one attached hydrogen (secondary N) is 2. The van der Waals surface area contributed by atoms with Gasteiger partial charge in [0.05, 0.1) is 32.0 Å². The zero-order chi connectivity index (χ0) is 37.9. The smallest absolute Gasteiger partial charge is 0.397 e. The first-order chi connectivity index (χ1) is 23.2. The first-order valence-corrected chi connectivity index (χ1v) is 16.2. The average Bonchev–Trinajstić information content (AvgIpc) is 3.02. The largest absolute Gasteiger partial charge is 0.477 e. The van der Waals surface area contributed by atoms with Gasteiger partial charge in [0.25, 0.3) is 5.79 Å². The molecule has 50 heavy (non-hydrogen) atoms. The molecule has 0 saturated carbocycles. The summed E-state index contributed by atoms with van der Waals surface area (Å²) in [6, 6.07) is -3.28. The van der Waals surface area contributed by atoms with Crippen molar-refractivity contribution in [3.63, 3.8) is 0 Å². The molecule has 13 N–H and O–H groups in total. The highest BCUT2D eigenvalue weighted by molar-refractivity contribution is 7.80. The molecule has 0 aromatic carbocycles. The van der Waals surface area contributed by atoms with Gasteiger partial charge in [-0.3, -0.25) is 14.1 Å². The van der Waals surface area contributed by atoms with Gasteiger partial charge in [-0.15, -0.1) is 0 Å². The van der Waals surface area contributed by atoms with Gasteiger partial charge in [0.1, 0.15) is 67.1 Å². The quantitative estimate of drug-likeness (QED) is 0.0732. The van der Waals surface area contributed by atoms with Crippen LogP contribution in [0.4, 0.5) is 0 Å². The molecule has 3 saturated heterocycles. The van der Waals surface area contributed by atoms with E-state index in [0.29, 0.717) is 0 Å². The van der Waals surface area contributed by atoms with Crippen LogP contribution in [0.1, 0.15) is 20.3 Å². The molecule has 0 aliphatic carbocycles. The Balaban J connectivity index is 2.06. The number of aliphatic hydroxyl groups excluding tert-OH is 9. The third-order valence-electron chi connectivity index (χ3n) is 8.07. The topological polar surface area (TPSA) is 387 Å². The summed E-state index contributed by atoms with van der Waals surface area (Å²) in [6.45, 7) is -1.29. The predicted octanol–water partition coefficient (Wildman–Crippen LogP) is -8.25. The van der Waals surface area contributed by atoms with Crippen molar-refractivity contribution in [2.45, 2.75) is 118 Å². The molecular formula is C25H42N2O22S. The second kappa shape index (κ2) is 17.0. The molecular weight excluding hydrogens is 712 g/mol. The van der Waals surface area contributed by atoms with E-state index >= 15 is 0 Å². The molecule has 290 valence electrons. The van der Waals surface area contributed by atoms with Gasteiger partial charge in [-0.2, -0.15) is 8.42 Å². The van der Waals surface area contributed by atoms with E-state index in [0.717, 1.165) is 13.8 Å². The van der Waals surface area contributed by atoms with Gasteiger partial charge < -0.3 is 85.4 Å². The molecule has 3 rings (SSSR count). The zero-order valence-corrected chi connectivity index (χ0v) is 27.1. The minimum Gasteiger partial charge on any atom is -0.477 e. The maximum absolute atomic E-state index is 12.7. The van der Waals surface area contributed by atoms with Crippen LogP contribution in [0, 0.1) is 0 Å². The van der Waals surface area contributed by atoms with Gasteiger partial charge in [0.15, 0.2) is 12.6 Å². The normalized spacial score (nSPS) is 40.8. The van der Waals surface area contributed by atoms with Crippen LogP contribution in [0.3, 0.4) is 0 Å². The number of rotatable bonds is 14. The first-order valence-electron chi connectivity index (χ1n) is 14.9. The van der Waals surface area contributed by atoms with Gasteiger partial charge >= 0.3 is 16.4 Å². The first kappa shape index (κ1) is 42.1. The average molecular weight is 755 g/mol. The van der Waals surface area contributed by atoms with Crippen molar-refractivity contribution in [1.29, 1.82) is 0 Å². The molecule has 3 fully saturated rings. The monoisotopic (exact) mass is 754 g/mol. The Kier molecular flexibility index (Phi) is 14.4. The fourth-order valence-corrected chi connectivity index (χ4v) is 6.01. The lowest BCUT2D eigenvalue weighted by molar-refractivity contribution is -0.380. The fourth-order valence-electron chi connectivity index (χ4n) is 5.70. The van der Waals surface area contributed by atoms with E-state index in [4.69, 9.17) is 28.2 Å². The molecule has 16 atom stereocenters. The number of ether oxygens (including phenoxy) is 5. The van der Waals surface area contributed by atoms with Crippen LogP contribution in [-0.4, -0.2) is 199 Å². The number of carbonyl (C=O) groups excluding carboxylic acids is 2. The molecule has 3 heterocycles. The molecule has 3 aliphatic heterocycles. The number of aliphatic hydroxyl groups is 9. The molecule has 2 amide bonds. The molecule has 24 nitrogen and oxygen atoms in total. The van der Waals surface area contributed by atoms with Gasteiger partial charge in [0.2, 0.25) is 11.8 Å². The number of hydrogen-bond donors (Lipinski definition) is 13. The second-order valence-corrected chi connectivity index (χ2v) is 12.9. The lowest BCUT2D eigenvalue weighted by atomic mass is 9.88. The number of amides is 2. The minimum absolute atomic E-state index is 0.792. The number of hydrogen-bond acceptors (Lipinski definition) is 20. The van der Waals surface area contributed by atoms with Crippen molar-refractivity contribution in [2.75, 3.05) is 19.8 Å². The minimum atomic E-state index is -5.23. The van der Waals surface area contributed by atoms with E-state index in [2.05, 4.69) is 14.8 Å². The summed E-state index contributed by atoms with van der Waals surface area (Å²) in [5.41, 5.74) is 0. The SMILES string of the molecule is CC(=O)N[C@H]1[C@H]([C@H](O)[C@H](O)CO)O[C@@](O[C@H]2[C@@H](O)[C@@H](COS(=O)(=O)O)O[C@@H](O[C@H]3[C@H](O)[C@@H](CO)OC(O)[C@@H]3NC(C)=O)[C@@H]2O)(C(=O)O)C[C@@H]1O. The summed E-state index contributed by atoms with van der Waals surface area (Å²) >= 11 is 0. The van der Waals surface area contributed by atoms with E-state index in [9.17, 15) is 73.9 Å². The Morgan fingerprint density at radius 3 is 2.00 bits per heavy atom. The summed E-state index contributed by atoms with van der Waals surface area (Å²) in [6.07, 6.45) is -27.9. The molecule has 25 heteroatoms. The maximum Gasteiger partial charge on any atom is 0.397 e. The van der Waals surface area contributed by atoms with Crippen LogP contribution in [0.2, 0.25) is 0 Å². The van der Waals surface area contributed by atoms with Crippen LogP contribution in [0.15, 0.2) is 0 Å². The lowest BCUT2D eigenvalue weighted by Crippen LogP contribution is -2.71. The summed E-state index contributed by atoms with van der Waals surface area (Å²) in [7, 11) is -5.23. The summed E-state index contributed by atoms with van der Waals surface area (Å²) in [4.78, 5) is 36.4. The van der Waals surface area contributed by atoms with E-state index in [1.54, 1.807) is 0 Å². The molecule has 1 unspecified atom stereocenters. The summed E-state index contributed by atoms with van der Waals surface area (Å²) in [5, 5.41) is 109. The van der Waals surface area contributed by atoms with Crippen molar-refractivity contribution in [1.82, 2.24) is 10.6 Å². The van der Waals surface area contributed by atoms with E-state index in [-0.39, 0.29) is 0 Å². The second-order valence-electron chi connectivity index (χ2n) is 11.8. The third kappa shape index (κ3) is 9.77. The van der Waals surface area contributed by atoms with Gasteiger partial charge in [-0.25, -0.2) is 8.98 Å². The molecule has 0 aromatic heterocycles. The van der Waals surface area contributed by atoms with Crippen LogP contribution >= 0.6 is 0 Å². The number of carboxylic acid groups (broad SMARTS) is 1. The Labute approximate surface area is 283 Å².